The number of esters is 5. The predicted octanol–water partition coefficient (Wildman–Crippen LogP) is 6.33. The summed E-state index contributed by atoms with van der Waals surface area (Å²) in [6.07, 6.45) is 2.92. The monoisotopic (exact) mass is 1180 g/mol. The fourth-order valence-electron chi connectivity index (χ4n) is 8.40. The lowest BCUT2D eigenvalue weighted by atomic mass is 9.98. The first-order chi connectivity index (χ1) is 40.3. The number of amides is 5. The number of fused-ring (bicyclic) bond motifs is 3. The number of benzene rings is 2. The number of carbonyl (C=O) groups is 10. The maximum Gasteiger partial charge on any atom is 0.407 e. The van der Waals surface area contributed by atoms with E-state index in [4.69, 9.17) is 37.9 Å². The highest BCUT2D eigenvalue weighted by molar-refractivity contribution is 5.92. The van der Waals surface area contributed by atoms with E-state index in [1.54, 1.807) is 20.8 Å². The van der Waals surface area contributed by atoms with Gasteiger partial charge in [-0.05, 0) is 94.4 Å². The Morgan fingerprint density at radius 1 is 0.464 bits per heavy atom. The summed E-state index contributed by atoms with van der Waals surface area (Å²) < 4.78 is 43.4. The zero-order valence-corrected chi connectivity index (χ0v) is 50.2. The molecule has 2 aromatic rings. The first kappa shape index (κ1) is 71.1. The number of hydrogen-bond donors (Lipinski definition) is 5. The Morgan fingerprint density at radius 2 is 0.917 bits per heavy atom. The van der Waals surface area contributed by atoms with Crippen molar-refractivity contribution in [1.29, 1.82) is 0 Å². The Hall–Kier alpha value is -7.14. The lowest BCUT2D eigenvalue weighted by Gasteiger charge is -2.24. The molecular weight excluding hydrogens is 1090 g/mol. The van der Waals surface area contributed by atoms with Crippen LogP contribution < -0.4 is 26.6 Å². The summed E-state index contributed by atoms with van der Waals surface area (Å²) >= 11 is 0. The summed E-state index contributed by atoms with van der Waals surface area (Å²) in [5, 5.41) is 13.0. The third kappa shape index (κ3) is 28.4. The van der Waals surface area contributed by atoms with E-state index >= 15 is 0 Å². The molecule has 4 unspecified atom stereocenters. The molecule has 5 amide bonds. The van der Waals surface area contributed by atoms with Gasteiger partial charge in [0.05, 0.1) is 46.2 Å². The van der Waals surface area contributed by atoms with E-state index in [9.17, 15) is 47.9 Å². The van der Waals surface area contributed by atoms with Crippen molar-refractivity contribution >= 4 is 59.6 Å². The van der Waals surface area contributed by atoms with Crippen LogP contribution in [0, 0.1) is 0 Å². The number of carbonyl (C=O) groups excluding carboxylic acids is 10. The molecule has 1 aliphatic rings. The maximum atomic E-state index is 14.0. The fraction of sp³-hybridized carbons (Fsp3) is 0.639. The van der Waals surface area contributed by atoms with Crippen LogP contribution in [-0.4, -0.2) is 155 Å². The maximum absolute atomic E-state index is 14.0. The Kier molecular flexibility index (Phi) is 34.0. The van der Waals surface area contributed by atoms with Gasteiger partial charge in [0.15, 0.2) is 0 Å². The molecule has 0 aliphatic heterocycles. The number of nitrogens with one attached hydrogen (secondary N) is 5. The summed E-state index contributed by atoms with van der Waals surface area (Å²) in [4.78, 5) is 131. The van der Waals surface area contributed by atoms with Gasteiger partial charge in [-0.25, -0.2) is 19.2 Å². The van der Waals surface area contributed by atoms with Crippen LogP contribution >= 0.6 is 0 Å². The molecule has 0 saturated carbocycles. The molecule has 0 radical (unpaired) electrons. The predicted molar refractivity (Wildman–Crippen MR) is 309 cm³/mol. The first-order valence-corrected chi connectivity index (χ1v) is 29.6. The van der Waals surface area contributed by atoms with Crippen LogP contribution in [0.2, 0.25) is 0 Å². The first-order valence-electron chi connectivity index (χ1n) is 29.6. The van der Waals surface area contributed by atoms with Crippen molar-refractivity contribution in [2.75, 3.05) is 66.0 Å². The van der Waals surface area contributed by atoms with Crippen LogP contribution in [-0.2, 0) is 81.0 Å². The van der Waals surface area contributed by atoms with Crippen molar-refractivity contribution < 1.29 is 85.8 Å². The van der Waals surface area contributed by atoms with Gasteiger partial charge >= 0.3 is 35.9 Å². The number of alkyl carbamates (subject to hydrolysis) is 1. The molecule has 0 aromatic heterocycles. The molecule has 4 atom stereocenters. The molecule has 5 N–H and O–H groups in total. The van der Waals surface area contributed by atoms with E-state index in [1.165, 1.54) is 0 Å². The van der Waals surface area contributed by atoms with Crippen LogP contribution in [0.15, 0.2) is 48.5 Å². The number of rotatable bonds is 42. The molecule has 0 spiro atoms. The van der Waals surface area contributed by atoms with Crippen molar-refractivity contribution in [1.82, 2.24) is 26.6 Å². The van der Waals surface area contributed by atoms with Gasteiger partial charge in [0.25, 0.3) is 0 Å². The minimum Gasteiger partial charge on any atom is -0.466 e. The SMILES string of the molecule is CCCCOC(=O)CCC(NC(=O)CCC(NC(=O)COCCOCCNC(=O)CCC(NC(=O)OCC1c2ccccc2-c2ccccc21)C(=O)OC(C)(C)C)C(=O)NC(CCC(=O)OCCCC)C(=O)OCCCC)C(=O)OCCCC. The van der Waals surface area contributed by atoms with Gasteiger partial charge in [-0.3, -0.25) is 28.8 Å². The molecule has 84 heavy (non-hydrogen) atoms. The molecule has 0 bridgehead atoms. The molecule has 1 aliphatic carbocycles. The average Bonchev–Trinajstić information content (AvgIpc) is 2.53. The average molecular weight is 1180 g/mol. The van der Waals surface area contributed by atoms with Crippen LogP contribution in [0.25, 0.3) is 11.1 Å². The normalized spacial score (nSPS) is 13.1. The second-order valence-electron chi connectivity index (χ2n) is 21.2. The summed E-state index contributed by atoms with van der Waals surface area (Å²) in [5.41, 5.74) is 3.29. The number of hydrogen-bond acceptors (Lipinski definition) is 18. The molecule has 23 nitrogen and oxygen atoms in total. The van der Waals surface area contributed by atoms with Gasteiger partial charge in [0, 0.05) is 38.1 Å². The molecule has 0 heterocycles. The zero-order valence-electron chi connectivity index (χ0n) is 50.2. The van der Waals surface area contributed by atoms with Crippen LogP contribution in [0.5, 0.6) is 0 Å². The molecule has 2 aromatic carbocycles. The van der Waals surface area contributed by atoms with Crippen molar-refractivity contribution in [2.24, 2.45) is 0 Å². The highest BCUT2D eigenvalue weighted by Gasteiger charge is 2.33. The second-order valence-corrected chi connectivity index (χ2v) is 21.2. The third-order valence-corrected chi connectivity index (χ3v) is 13.0. The summed E-state index contributed by atoms with van der Waals surface area (Å²) in [6.45, 7) is 12.8. The topological polar surface area (TPSA) is 305 Å². The minimum absolute atomic E-state index is 0.0147. The Balaban J connectivity index is 1.56. The molecule has 23 heteroatoms. The number of unbranched alkanes of at least 4 members (excludes halogenated alkanes) is 4. The van der Waals surface area contributed by atoms with Crippen molar-refractivity contribution in [3.63, 3.8) is 0 Å². The van der Waals surface area contributed by atoms with E-state index < -0.39 is 102 Å². The number of ether oxygens (including phenoxy) is 8. The van der Waals surface area contributed by atoms with Crippen LogP contribution in [0.1, 0.15) is 168 Å². The van der Waals surface area contributed by atoms with Crippen LogP contribution in [0.3, 0.4) is 0 Å². The Morgan fingerprint density at radius 3 is 1.45 bits per heavy atom. The molecule has 0 saturated heterocycles. The lowest BCUT2D eigenvalue weighted by molar-refractivity contribution is -0.157. The standard InChI is InChI=1S/C61H91N5O18/c1-8-12-33-79-54(70)30-26-48(57(73)81-35-14-10-3)64-52(68)29-24-47(56(72)65-49(58(74)82-36-15-11-4)27-31-55(71)80-34-13-9-2)63-53(69)41-78-39-38-77-37-32-62-51(67)28-25-50(59(75)84-61(5,6)7)66-60(76)83-40-46-44-22-18-16-20-42(44)43-21-17-19-23-45(43)46/h16-23,46-50H,8-15,24-41H2,1-7H3,(H,62,67)(H,63,69)(H,64,68)(H,65,72)(H,66,76). The fourth-order valence-corrected chi connectivity index (χ4v) is 8.40. The lowest BCUT2D eigenvalue weighted by Crippen LogP contribution is -2.53. The van der Waals surface area contributed by atoms with Crippen molar-refractivity contribution in [2.45, 2.75) is 187 Å². The van der Waals surface area contributed by atoms with Gasteiger partial charge in [-0.15, -0.1) is 0 Å². The molecule has 3 rings (SSSR count). The summed E-state index contributed by atoms with van der Waals surface area (Å²) in [6, 6.07) is 10.6. The quantitative estimate of drug-likeness (QED) is 0.0275. The molecular formula is C61H91N5O18. The summed E-state index contributed by atoms with van der Waals surface area (Å²) in [7, 11) is 0. The minimum atomic E-state index is -1.44. The largest absolute Gasteiger partial charge is 0.466 e. The van der Waals surface area contributed by atoms with Gasteiger partial charge < -0.3 is 64.5 Å². The summed E-state index contributed by atoms with van der Waals surface area (Å²) in [5.74, 6) is -6.43. The Bertz CT molecular complexity index is 2370. The van der Waals surface area contributed by atoms with Gasteiger partial charge in [-0.1, -0.05) is 102 Å². The molecule has 0 fully saturated rings. The third-order valence-electron chi connectivity index (χ3n) is 13.0. The van der Waals surface area contributed by atoms with E-state index in [0.29, 0.717) is 32.1 Å². The van der Waals surface area contributed by atoms with E-state index in [0.717, 1.165) is 41.5 Å². The smallest absolute Gasteiger partial charge is 0.407 e. The van der Waals surface area contributed by atoms with Gasteiger partial charge in [0.2, 0.25) is 23.6 Å². The molecule has 468 valence electrons. The highest BCUT2D eigenvalue weighted by Crippen LogP contribution is 2.44. The van der Waals surface area contributed by atoms with E-state index in [1.807, 2.05) is 76.2 Å². The Labute approximate surface area is 494 Å². The van der Waals surface area contributed by atoms with Crippen molar-refractivity contribution in [3.8, 4) is 11.1 Å². The second kappa shape index (κ2) is 40.2. The highest BCUT2D eigenvalue weighted by atomic mass is 16.6. The van der Waals surface area contributed by atoms with Gasteiger partial charge in [0.1, 0.15) is 43.0 Å². The van der Waals surface area contributed by atoms with E-state index in [2.05, 4.69) is 26.6 Å². The van der Waals surface area contributed by atoms with Gasteiger partial charge in [-0.2, -0.15) is 0 Å². The van der Waals surface area contributed by atoms with Crippen molar-refractivity contribution in [3.05, 3.63) is 59.7 Å². The van der Waals surface area contributed by atoms with Crippen LogP contribution in [0.4, 0.5) is 4.79 Å². The zero-order chi connectivity index (χ0) is 61.7. The van der Waals surface area contributed by atoms with E-state index in [-0.39, 0.29) is 110 Å².